The number of methoxy groups -OCH3 is 2. The number of benzene rings is 2. The minimum Gasteiger partial charge on any atom is -0.493 e. The fourth-order valence-electron chi connectivity index (χ4n) is 3.09. The molecular formula is C22H25N3O5. The Kier molecular flexibility index (Phi) is 6.71. The maximum atomic E-state index is 12.1. The van der Waals surface area contributed by atoms with E-state index in [1.54, 1.807) is 32.4 Å². The second-order valence-corrected chi connectivity index (χ2v) is 6.66. The zero-order chi connectivity index (χ0) is 21.7. The molecule has 3 aromatic rings. The number of anilines is 2. The number of ether oxygens (including phenoxy) is 3. The summed E-state index contributed by atoms with van der Waals surface area (Å²) in [5.41, 5.74) is 8.82. The molecule has 0 fully saturated rings. The SMILES string of the molecule is COCCOc1cc2cc(C(N)=O)c(Nc3cccc(CO)c3C)nc2cc1OC. The van der Waals surface area contributed by atoms with Crippen LogP contribution in [0.4, 0.5) is 11.5 Å². The minimum absolute atomic E-state index is 0.0851. The largest absolute Gasteiger partial charge is 0.493 e. The van der Waals surface area contributed by atoms with Crippen molar-refractivity contribution in [2.75, 3.05) is 32.8 Å². The number of aromatic nitrogens is 1. The van der Waals surface area contributed by atoms with Crippen LogP contribution in [0.2, 0.25) is 0 Å². The van der Waals surface area contributed by atoms with Crippen molar-refractivity contribution in [3.63, 3.8) is 0 Å². The molecule has 0 unspecified atom stereocenters. The Morgan fingerprint density at radius 3 is 2.63 bits per heavy atom. The van der Waals surface area contributed by atoms with Crippen LogP contribution in [0.5, 0.6) is 11.5 Å². The highest BCUT2D eigenvalue weighted by Crippen LogP contribution is 2.34. The Balaban J connectivity index is 2.07. The maximum Gasteiger partial charge on any atom is 0.252 e. The van der Waals surface area contributed by atoms with Gasteiger partial charge in [-0.05, 0) is 36.2 Å². The van der Waals surface area contributed by atoms with Crippen molar-refractivity contribution in [1.29, 1.82) is 0 Å². The monoisotopic (exact) mass is 411 g/mol. The molecule has 0 atom stereocenters. The second-order valence-electron chi connectivity index (χ2n) is 6.66. The van der Waals surface area contributed by atoms with E-state index in [1.165, 1.54) is 0 Å². The van der Waals surface area contributed by atoms with E-state index in [0.717, 1.165) is 16.8 Å². The van der Waals surface area contributed by atoms with Gasteiger partial charge in [-0.3, -0.25) is 4.79 Å². The summed E-state index contributed by atoms with van der Waals surface area (Å²) in [6.45, 7) is 2.58. The number of nitrogens with two attached hydrogens (primary N) is 1. The molecule has 0 saturated heterocycles. The summed E-state index contributed by atoms with van der Waals surface area (Å²) >= 11 is 0. The summed E-state index contributed by atoms with van der Waals surface area (Å²) < 4.78 is 16.1. The Hall–Kier alpha value is -3.36. The average Bonchev–Trinajstić information content (AvgIpc) is 2.74. The predicted molar refractivity (Wildman–Crippen MR) is 115 cm³/mol. The van der Waals surface area contributed by atoms with Crippen LogP contribution in [0.15, 0.2) is 36.4 Å². The normalized spacial score (nSPS) is 10.8. The third-order valence-electron chi connectivity index (χ3n) is 4.78. The molecule has 0 spiro atoms. The van der Waals surface area contributed by atoms with Gasteiger partial charge >= 0.3 is 0 Å². The van der Waals surface area contributed by atoms with Gasteiger partial charge in [0.1, 0.15) is 12.4 Å². The molecule has 0 aliphatic carbocycles. The number of rotatable bonds is 9. The number of pyridine rings is 1. The Labute approximate surface area is 174 Å². The molecule has 8 heteroatoms. The molecule has 8 nitrogen and oxygen atoms in total. The van der Waals surface area contributed by atoms with Gasteiger partial charge in [-0.1, -0.05) is 12.1 Å². The van der Waals surface area contributed by atoms with E-state index < -0.39 is 5.91 Å². The molecule has 4 N–H and O–H groups in total. The molecule has 3 rings (SSSR count). The van der Waals surface area contributed by atoms with E-state index in [9.17, 15) is 9.90 Å². The van der Waals surface area contributed by atoms with Crippen LogP contribution < -0.4 is 20.5 Å². The molecule has 0 saturated carbocycles. The van der Waals surface area contributed by atoms with Gasteiger partial charge in [0.05, 0.1) is 31.4 Å². The standard InChI is InChI=1S/C22H25N3O5/c1-13-14(12-26)5-4-6-17(13)24-22-16(21(23)27)9-15-10-20(30-8-7-28-2)19(29-3)11-18(15)25-22/h4-6,9-11,26H,7-8,12H2,1-3H3,(H2,23,27)(H,24,25). The van der Waals surface area contributed by atoms with E-state index >= 15 is 0 Å². The minimum atomic E-state index is -0.611. The Morgan fingerprint density at radius 2 is 1.97 bits per heavy atom. The summed E-state index contributed by atoms with van der Waals surface area (Å²) in [5, 5.41) is 13.4. The lowest BCUT2D eigenvalue weighted by Crippen LogP contribution is -2.15. The zero-order valence-electron chi connectivity index (χ0n) is 17.2. The molecule has 0 bridgehead atoms. The molecular weight excluding hydrogens is 386 g/mol. The molecule has 0 aliphatic rings. The summed E-state index contributed by atoms with van der Waals surface area (Å²) in [5.74, 6) is 0.748. The van der Waals surface area contributed by atoms with Crippen LogP contribution in [0, 0.1) is 6.92 Å². The van der Waals surface area contributed by atoms with E-state index in [-0.39, 0.29) is 12.2 Å². The lowest BCUT2D eigenvalue weighted by molar-refractivity contribution is 0.100. The van der Waals surface area contributed by atoms with Crippen LogP contribution in [0.1, 0.15) is 21.5 Å². The zero-order valence-corrected chi connectivity index (χ0v) is 17.2. The summed E-state index contributed by atoms with van der Waals surface area (Å²) in [6, 6.07) is 10.7. The van der Waals surface area contributed by atoms with Gasteiger partial charge in [-0.25, -0.2) is 4.98 Å². The third kappa shape index (κ3) is 4.45. The van der Waals surface area contributed by atoms with Crippen LogP contribution >= 0.6 is 0 Å². The number of carbonyl (C=O) groups is 1. The van der Waals surface area contributed by atoms with Crippen LogP contribution in [0.3, 0.4) is 0 Å². The third-order valence-corrected chi connectivity index (χ3v) is 4.78. The van der Waals surface area contributed by atoms with Crippen molar-refractivity contribution in [1.82, 2.24) is 4.98 Å². The fourth-order valence-corrected chi connectivity index (χ4v) is 3.09. The fraction of sp³-hybridized carbons (Fsp3) is 0.273. The van der Waals surface area contributed by atoms with E-state index in [2.05, 4.69) is 10.3 Å². The van der Waals surface area contributed by atoms with Crippen molar-refractivity contribution in [3.8, 4) is 11.5 Å². The molecule has 0 radical (unpaired) electrons. The first-order valence-corrected chi connectivity index (χ1v) is 9.39. The first kappa shape index (κ1) is 21.4. The van der Waals surface area contributed by atoms with E-state index in [1.807, 2.05) is 25.1 Å². The quantitative estimate of drug-likeness (QED) is 0.464. The number of amides is 1. The van der Waals surface area contributed by atoms with Gasteiger partial charge in [0.25, 0.3) is 5.91 Å². The van der Waals surface area contributed by atoms with Gasteiger partial charge < -0.3 is 30.4 Å². The summed E-state index contributed by atoms with van der Waals surface area (Å²) in [4.78, 5) is 16.7. The van der Waals surface area contributed by atoms with Gasteiger partial charge in [0.15, 0.2) is 11.5 Å². The molecule has 1 aromatic heterocycles. The van der Waals surface area contributed by atoms with Crippen molar-refractivity contribution < 1.29 is 24.1 Å². The van der Waals surface area contributed by atoms with E-state index in [4.69, 9.17) is 19.9 Å². The average molecular weight is 411 g/mol. The molecule has 30 heavy (non-hydrogen) atoms. The number of nitrogens with one attached hydrogen (secondary N) is 1. The number of carbonyl (C=O) groups excluding carboxylic acids is 1. The highest BCUT2D eigenvalue weighted by molar-refractivity contribution is 6.02. The van der Waals surface area contributed by atoms with E-state index in [0.29, 0.717) is 41.4 Å². The van der Waals surface area contributed by atoms with Crippen molar-refractivity contribution in [3.05, 3.63) is 53.1 Å². The highest BCUT2D eigenvalue weighted by atomic mass is 16.5. The van der Waals surface area contributed by atoms with Crippen molar-refractivity contribution in [2.24, 2.45) is 5.73 Å². The van der Waals surface area contributed by atoms with Gasteiger partial charge in [-0.15, -0.1) is 0 Å². The van der Waals surface area contributed by atoms with Crippen LogP contribution in [-0.4, -0.2) is 43.4 Å². The first-order chi connectivity index (χ1) is 14.5. The predicted octanol–water partition coefficient (Wildman–Crippen LogP) is 2.91. The van der Waals surface area contributed by atoms with Crippen molar-refractivity contribution >= 4 is 28.3 Å². The highest BCUT2D eigenvalue weighted by Gasteiger charge is 2.16. The number of hydrogen-bond donors (Lipinski definition) is 3. The smallest absolute Gasteiger partial charge is 0.252 e. The summed E-state index contributed by atoms with van der Waals surface area (Å²) in [7, 11) is 3.14. The lowest BCUT2D eigenvalue weighted by Gasteiger charge is -2.16. The second kappa shape index (κ2) is 9.43. The Morgan fingerprint density at radius 1 is 1.17 bits per heavy atom. The molecule has 2 aromatic carbocycles. The first-order valence-electron chi connectivity index (χ1n) is 9.39. The number of aliphatic hydroxyl groups is 1. The molecule has 1 heterocycles. The number of aliphatic hydroxyl groups excluding tert-OH is 1. The van der Waals surface area contributed by atoms with Gasteiger partial charge in [0, 0.05) is 24.2 Å². The topological polar surface area (TPSA) is 116 Å². The molecule has 1 amide bonds. The van der Waals surface area contributed by atoms with Crippen LogP contribution in [-0.2, 0) is 11.3 Å². The van der Waals surface area contributed by atoms with Gasteiger partial charge in [0.2, 0.25) is 0 Å². The number of primary amides is 1. The number of hydrogen-bond acceptors (Lipinski definition) is 7. The van der Waals surface area contributed by atoms with Crippen molar-refractivity contribution in [2.45, 2.75) is 13.5 Å². The summed E-state index contributed by atoms with van der Waals surface area (Å²) in [6.07, 6.45) is 0. The maximum absolute atomic E-state index is 12.1. The Bertz CT molecular complexity index is 1070. The van der Waals surface area contributed by atoms with Crippen LogP contribution in [0.25, 0.3) is 10.9 Å². The molecule has 0 aliphatic heterocycles. The number of nitrogens with zero attached hydrogens (tertiary/aromatic N) is 1. The lowest BCUT2D eigenvalue weighted by atomic mass is 10.1. The number of fused-ring (bicyclic) bond motifs is 1. The van der Waals surface area contributed by atoms with Gasteiger partial charge in [-0.2, -0.15) is 0 Å². The molecule has 158 valence electrons.